The largest absolute Gasteiger partial charge is 0.369 e. The van der Waals surface area contributed by atoms with E-state index in [1.54, 1.807) is 12.1 Å². The van der Waals surface area contributed by atoms with Gasteiger partial charge in [-0.15, -0.1) is 0 Å². The summed E-state index contributed by atoms with van der Waals surface area (Å²) in [7, 11) is 0. The van der Waals surface area contributed by atoms with Gasteiger partial charge in [0.15, 0.2) is 5.82 Å². The van der Waals surface area contributed by atoms with Crippen LogP contribution in [0.25, 0.3) is 11.4 Å². The number of hydrogen-bond donors (Lipinski definition) is 1. The normalized spacial score (nSPS) is 11.0. The SMILES string of the molecule is CCNc1nc(-c2ccc(F)cc2)nc(CC(C)C)c1Br. The van der Waals surface area contributed by atoms with Gasteiger partial charge in [0.05, 0.1) is 10.2 Å². The lowest BCUT2D eigenvalue weighted by atomic mass is 10.1. The molecule has 1 N–H and O–H groups in total. The minimum Gasteiger partial charge on any atom is -0.369 e. The van der Waals surface area contributed by atoms with Crippen LogP contribution in [0.5, 0.6) is 0 Å². The van der Waals surface area contributed by atoms with Gasteiger partial charge in [-0.2, -0.15) is 0 Å². The highest BCUT2D eigenvalue weighted by Crippen LogP contribution is 2.28. The molecule has 1 heterocycles. The summed E-state index contributed by atoms with van der Waals surface area (Å²) in [6, 6.07) is 6.26. The maximum atomic E-state index is 13.1. The number of anilines is 1. The Kier molecular flexibility index (Phi) is 5.28. The van der Waals surface area contributed by atoms with E-state index in [1.807, 2.05) is 6.92 Å². The lowest BCUT2D eigenvalue weighted by Crippen LogP contribution is -2.08. The molecule has 0 unspecified atom stereocenters. The van der Waals surface area contributed by atoms with Crippen molar-refractivity contribution in [3.8, 4) is 11.4 Å². The number of nitrogens with zero attached hydrogens (tertiary/aromatic N) is 2. The summed E-state index contributed by atoms with van der Waals surface area (Å²) in [6.45, 7) is 7.10. The van der Waals surface area contributed by atoms with Crippen molar-refractivity contribution in [2.75, 3.05) is 11.9 Å². The van der Waals surface area contributed by atoms with E-state index in [0.717, 1.165) is 34.5 Å². The van der Waals surface area contributed by atoms with Gasteiger partial charge in [0.1, 0.15) is 11.6 Å². The first-order chi connectivity index (χ1) is 10.0. The molecule has 0 atom stereocenters. The number of halogens is 2. The summed E-state index contributed by atoms with van der Waals surface area (Å²) in [6.07, 6.45) is 0.857. The minimum absolute atomic E-state index is 0.259. The molecule has 0 saturated carbocycles. The Labute approximate surface area is 133 Å². The summed E-state index contributed by atoms with van der Waals surface area (Å²) in [4.78, 5) is 9.17. The van der Waals surface area contributed by atoms with Crippen molar-refractivity contribution in [3.05, 3.63) is 40.2 Å². The van der Waals surface area contributed by atoms with Crippen molar-refractivity contribution < 1.29 is 4.39 Å². The standard InChI is InChI=1S/C16H19BrFN3/c1-4-19-16-14(17)13(9-10(2)3)20-15(21-16)11-5-7-12(18)8-6-11/h5-8,10H,4,9H2,1-3H3,(H,19,20,21). The molecular formula is C16H19BrFN3. The average Bonchev–Trinajstić information content (AvgIpc) is 2.43. The first kappa shape index (κ1) is 15.9. The second-order valence-corrected chi connectivity index (χ2v) is 6.08. The molecule has 0 aliphatic heterocycles. The van der Waals surface area contributed by atoms with Gasteiger partial charge in [-0.05, 0) is 59.5 Å². The summed E-state index contributed by atoms with van der Waals surface area (Å²) in [5.41, 5.74) is 1.78. The van der Waals surface area contributed by atoms with Crippen molar-refractivity contribution in [2.45, 2.75) is 27.2 Å². The molecule has 1 aromatic heterocycles. The predicted octanol–water partition coefficient (Wildman–Crippen LogP) is 4.68. The quantitative estimate of drug-likeness (QED) is 0.849. The van der Waals surface area contributed by atoms with Crippen molar-refractivity contribution in [3.63, 3.8) is 0 Å². The zero-order valence-corrected chi connectivity index (χ0v) is 14.0. The lowest BCUT2D eigenvalue weighted by molar-refractivity contribution is 0.628. The Balaban J connectivity index is 2.49. The lowest BCUT2D eigenvalue weighted by Gasteiger charge is -2.13. The van der Waals surface area contributed by atoms with Crippen molar-refractivity contribution >= 4 is 21.7 Å². The zero-order chi connectivity index (χ0) is 15.4. The molecule has 0 fully saturated rings. The third-order valence-electron chi connectivity index (χ3n) is 2.97. The molecule has 1 aromatic carbocycles. The number of rotatable bonds is 5. The molecule has 112 valence electrons. The maximum Gasteiger partial charge on any atom is 0.161 e. The van der Waals surface area contributed by atoms with Gasteiger partial charge in [0.25, 0.3) is 0 Å². The molecule has 2 aromatic rings. The molecule has 0 aliphatic carbocycles. The molecule has 21 heavy (non-hydrogen) atoms. The van der Waals surface area contributed by atoms with E-state index in [1.165, 1.54) is 12.1 Å². The van der Waals surface area contributed by atoms with Crippen LogP contribution >= 0.6 is 15.9 Å². The van der Waals surface area contributed by atoms with Crippen LogP contribution in [0.1, 0.15) is 26.5 Å². The van der Waals surface area contributed by atoms with Crippen LogP contribution in [0.4, 0.5) is 10.2 Å². The van der Waals surface area contributed by atoms with E-state index < -0.39 is 0 Å². The van der Waals surface area contributed by atoms with Crippen molar-refractivity contribution in [2.24, 2.45) is 5.92 Å². The number of benzene rings is 1. The van der Waals surface area contributed by atoms with Gasteiger partial charge in [-0.25, -0.2) is 14.4 Å². The molecule has 0 saturated heterocycles. The third kappa shape index (κ3) is 4.00. The highest BCUT2D eigenvalue weighted by Gasteiger charge is 2.14. The van der Waals surface area contributed by atoms with Crippen LogP contribution in [0.15, 0.2) is 28.7 Å². The van der Waals surface area contributed by atoms with Crippen LogP contribution in [0, 0.1) is 11.7 Å². The summed E-state index contributed by atoms with van der Waals surface area (Å²) < 4.78 is 14.0. The Hall–Kier alpha value is -1.49. The molecule has 2 rings (SSSR count). The Bertz CT molecular complexity index is 612. The third-order valence-corrected chi connectivity index (χ3v) is 3.80. The fourth-order valence-electron chi connectivity index (χ4n) is 2.03. The van der Waals surface area contributed by atoms with E-state index in [4.69, 9.17) is 0 Å². The molecule has 3 nitrogen and oxygen atoms in total. The Morgan fingerprint density at radius 1 is 1.19 bits per heavy atom. The highest BCUT2D eigenvalue weighted by atomic mass is 79.9. The fraction of sp³-hybridized carbons (Fsp3) is 0.375. The molecule has 0 bridgehead atoms. The molecule has 0 spiro atoms. The van der Waals surface area contributed by atoms with E-state index in [2.05, 4.69) is 45.1 Å². The van der Waals surface area contributed by atoms with Gasteiger partial charge in [0, 0.05) is 12.1 Å². The first-order valence-electron chi connectivity index (χ1n) is 7.07. The van der Waals surface area contributed by atoms with Crippen LogP contribution in [0.3, 0.4) is 0 Å². The Morgan fingerprint density at radius 3 is 2.43 bits per heavy atom. The molecule has 5 heteroatoms. The van der Waals surface area contributed by atoms with Crippen LogP contribution < -0.4 is 5.32 Å². The highest BCUT2D eigenvalue weighted by molar-refractivity contribution is 9.10. The van der Waals surface area contributed by atoms with E-state index >= 15 is 0 Å². The van der Waals surface area contributed by atoms with E-state index in [0.29, 0.717) is 11.7 Å². The van der Waals surface area contributed by atoms with Gasteiger partial charge in [-0.3, -0.25) is 0 Å². The molecule has 0 radical (unpaired) electrons. The minimum atomic E-state index is -0.259. The van der Waals surface area contributed by atoms with E-state index in [-0.39, 0.29) is 5.82 Å². The van der Waals surface area contributed by atoms with Crippen LogP contribution in [-0.4, -0.2) is 16.5 Å². The zero-order valence-electron chi connectivity index (χ0n) is 12.5. The summed E-state index contributed by atoms with van der Waals surface area (Å²) >= 11 is 3.58. The number of hydrogen-bond acceptors (Lipinski definition) is 3. The number of nitrogens with one attached hydrogen (secondary N) is 1. The van der Waals surface area contributed by atoms with Gasteiger partial charge in [0.2, 0.25) is 0 Å². The maximum absolute atomic E-state index is 13.1. The van der Waals surface area contributed by atoms with Crippen LogP contribution in [0.2, 0.25) is 0 Å². The second-order valence-electron chi connectivity index (χ2n) is 5.29. The average molecular weight is 352 g/mol. The predicted molar refractivity (Wildman–Crippen MR) is 87.8 cm³/mol. The Morgan fingerprint density at radius 2 is 1.86 bits per heavy atom. The summed E-state index contributed by atoms with van der Waals surface area (Å²) in [5.74, 6) is 1.63. The summed E-state index contributed by atoms with van der Waals surface area (Å²) in [5, 5.41) is 3.24. The van der Waals surface area contributed by atoms with Gasteiger partial charge < -0.3 is 5.32 Å². The van der Waals surface area contributed by atoms with Crippen LogP contribution in [-0.2, 0) is 6.42 Å². The molecular weight excluding hydrogens is 333 g/mol. The molecule has 0 aliphatic rings. The first-order valence-corrected chi connectivity index (χ1v) is 7.86. The van der Waals surface area contributed by atoms with Crippen molar-refractivity contribution in [1.82, 2.24) is 9.97 Å². The van der Waals surface area contributed by atoms with Crippen molar-refractivity contribution in [1.29, 1.82) is 0 Å². The second kappa shape index (κ2) is 6.98. The van der Waals surface area contributed by atoms with E-state index in [9.17, 15) is 4.39 Å². The fourth-order valence-corrected chi connectivity index (χ4v) is 2.51. The topological polar surface area (TPSA) is 37.8 Å². The smallest absolute Gasteiger partial charge is 0.161 e. The van der Waals surface area contributed by atoms with Gasteiger partial charge >= 0.3 is 0 Å². The number of aromatic nitrogens is 2. The molecule has 0 amide bonds. The monoisotopic (exact) mass is 351 g/mol. The van der Waals surface area contributed by atoms with Gasteiger partial charge in [-0.1, -0.05) is 13.8 Å².